The number of hydrogen-bond acceptors (Lipinski definition) is 12. The molecule has 1 aliphatic rings. The molecule has 0 radical (unpaired) electrons. The molecular weight excluding hydrogens is 705 g/mol. The molecule has 0 bridgehead atoms. The van der Waals surface area contributed by atoms with Crippen LogP contribution in [0.25, 0.3) is 10.9 Å². The highest BCUT2D eigenvalue weighted by Gasteiger charge is 2.56. The number of benzene rings is 3. The van der Waals surface area contributed by atoms with Gasteiger partial charge in [-0.3, -0.25) is 23.9 Å². The zero-order valence-electron chi connectivity index (χ0n) is 28.6. The van der Waals surface area contributed by atoms with E-state index in [0.717, 1.165) is 11.1 Å². The monoisotopic (exact) mass is 742 g/mol. The van der Waals surface area contributed by atoms with Crippen LogP contribution in [0.1, 0.15) is 26.7 Å². The molecule has 1 aliphatic carbocycles. The molecule has 0 unspecified atom stereocenters. The number of aromatic nitrogens is 1. The number of pyridine rings is 1. The van der Waals surface area contributed by atoms with Gasteiger partial charge in [-0.15, -0.1) is 5.06 Å². The zero-order chi connectivity index (χ0) is 37.3. The highest BCUT2D eigenvalue weighted by atomic mass is 31.2. The number of methoxy groups -OCH3 is 1. The van der Waals surface area contributed by atoms with Gasteiger partial charge < -0.3 is 38.7 Å². The van der Waals surface area contributed by atoms with Crippen LogP contribution in [0.5, 0.6) is 23.0 Å². The third-order valence-corrected chi connectivity index (χ3v) is 9.86. The van der Waals surface area contributed by atoms with Crippen LogP contribution in [0.3, 0.4) is 0 Å². The molecule has 1 fully saturated rings. The summed E-state index contributed by atoms with van der Waals surface area (Å²) in [4.78, 5) is 46.4. The lowest BCUT2D eigenvalue weighted by molar-refractivity contribution is -0.171. The molecule has 276 valence electrons. The smallest absolute Gasteiger partial charge is 0.347 e. The van der Waals surface area contributed by atoms with Crippen LogP contribution in [0.2, 0.25) is 0 Å². The first-order valence-electron chi connectivity index (χ1n) is 16.2. The molecule has 2 N–H and O–H groups in total. The Hall–Kier alpha value is -5.15. The van der Waals surface area contributed by atoms with Crippen LogP contribution in [-0.4, -0.2) is 68.1 Å². The Morgan fingerprint density at radius 3 is 2.19 bits per heavy atom. The van der Waals surface area contributed by atoms with Crippen molar-refractivity contribution in [2.45, 2.75) is 26.7 Å². The molecule has 5 rings (SSSR count). The van der Waals surface area contributed by atoms with Gasteiger partial charge in [0.25, 0.3) is 0 Å². The molecule has 2 amide bonds. The average Bonchev–Trinajstić information content (AvgIpc) is 3.93. The first kappa shape index (κ1) is 38.1. The number of anilines is 2. The number of nitrogens with one attached hydrogen (secondary N) is 2. The number of carbonyl (C=O) groups is 3. The van der Waals surface area contributed by atoms with Gasteiger partial charge in [-0.25, -0.2) is 8.78 Å². The fourth-order valence-corrected chi connectivity index (χ4v) is 6.79. The van der Waals surface area contributed by atoms with E-state index in [0.29, 0.717) is 35.2 Å². The van der Waals surface area contributed by atoms with Crippen molar-refractivity contribution in [3.63, 3.8) is 0 Å². The molecule has 17 heteroatoms. The van der Waals surface area contributed by atoms with Crippen molar-refractivity contribution in [2.24, 2.45) is 5.41 Å². The van der Waals surface area contributed by atoms with Gasteiger partial charge in [0.15, 0.2) is 23.1 Å². The molecule has 14 nitrogen and oxygen atoms in total. The minimum absolute atomic E-state index is 0.000548. The summed E-state index contributed by atoms with van der Waals surface area (Å²) >= 11 is 0. The Balaban J connectivity index is 1.25. The number of halogens is 2. The largest absolute Gasteiger partial charge is 0.493 e. The molecule has 3 aromatic carbocycles. The summed E-state index contributed by atoms with van der Waals surface area (Å²) in [7, 11) is -2.14. The molecular formula is C35H37F2N4O10P. The minimum atomic E-state index is -3.56. The fraction of sp³-hybridized carbons (Fsp3) is 0.314. The van der Waals surface area contributed by atoms with Gasteiger partial charge in [-0.1, -0.05) is 0 Å². The Morgan fingerprint density at radius 2 is 1.58 bits per heavy atom. The number of carbonyl (C=O) groups excluding carboxylic acids is 3. The molecule has 0 atom stereocenters. The second-order valence-electron chi connectivity index (χ2n) is 11.4. The van der Waals surface area contributed by atoms with Crippen LogP contribution < -0.4 is 24.8 Å². The van der Waals surface area contributed by atoms with Crippen molar-refractivity contribution in [2.75, 3.05) is 50.4 Å². The quantitative estimate of drug-likeness (QED) is 0.0455. The SMILES string of the molecule is CCOP(=O)(CN(CCOc1cc2nccc(Oc3ccc(NC(=O)C4(C(=O)Nc5ccc(F)cc5)CC4)cc3F)c2cc1OC)OC=O)OCC. The van der Waals surface area contributed by atoms with Crippen molar-refractivity contribution in [1.82, 2.24) is 10.0 Å². The second-order valence-corrected chi connectivity index (χ2v) is 13.4. The zero-order valence-corrected chi connectivity index (χ0v) is 29.5. The number of hydroxylamine groups is 2. The predicted octanol–water partition coefficient (Wildman–Crippen LogP) is 6.66. The summed E-state index contributed by atoms with van der Waals surface area (Å²) in [6, 6.07) is 13.8. The Kier molecular flexibility index (Phi) is 12.4. The molecule has 1 saturated carbocycles. The normalized spacial score (nSPS) is 13.3. The van der Waals surface area contributed by atoms with Crippen LogP contribution in [0.15, 0.2) is 66.9 Å². The van der Waals surface area contributed by atoms with Crippen LogP contribution in [0.4, 0.5) is 20.2 Å². The van der Waals surface area contributed by atoms with Gasteiger partial charge in [-0.2, -0.15) is 0 Å². The van der Waals surface area contributed by atoms with Gasteiger partial charge in [0.2, 0.25) is 11.8 Å². The van der Waals surface area contributed by atoms with Crippen LogP contribution >= 0.6 is 7.60 Å². The number of nitrogens with zero attached hydrogens (tertiary/aromatic N) is 2. The molecule has 52 heavy (non-hydrogen) atoms. The molecule has 0 spiro atoms. The summed E-state index contributed by atoms with van der Waals surface area (Å²) < 4.78 is 69.3. The number of fused-ring (bicyclic) bond motifs is 1. The van der Waals surface area contributed by atoms with E-state index in [4.69, 9.17) is 28.1 Å². The number of amides is 2. The van der Waals surface area contributed by atoms with Crippen molar-refractivity contribution >= 4 is 48.2 Å². The molecule has 1 aromatic heterocycles. The first-order chi connectivity index (χ1) is 25.0. The van der Waals surface area contributed by atoms with Crippen molar-refractivity contribution in [3.8, 4) is 23.0 Å². The van der Waals surface area contributed by atoms with Gasteiger partial charge in [0.1, 0.15) is 29.9 Å². The second kappa shape index (κ2) is 16.9. The van der Waals surface area contributed by atoms with Gasteiger partial charge in [0, 0.05) is 35.1 Å². The number of rotatable bonds is 19. The summed E-state index contributed by atoms with van der Waals surface area (Å²) in [6.45, 7) is 3.77. The summed E-state index contributed by atoms with van der Waals surface area (Å²) in [5, 5.41) is 6.81. The van der Waals surface area contributed by atoms with Gasteiger partial charge in [0.05, 0.1) is 32.4 Å². The van der Waals surface area contributed by atoms with E-state index in [-0.39, 0.29) is 62.1 Å². The topological polar surface area (TPSA) is 164 Å². The molecule has 1 heterocycles. The standard InChI is InChI=1S/C35H37F2N4O10P/c1-4-49-52(45,50-5-2)21-41(48-22-42)16-17-47-32-20-28-26(19-31(32)46-3)29(12-15-38-28)51-30-11-10-25(18-27(30)37)40-34(44)35(13-14-35)33(43)39-24-8-6-23(36)7-9-24/h6-12,15,18-20,22H,4-5,13-14,16-17,21H2,1-3H3,(H,39,43)(H,40,44). The Morgan fingerprint density at radius 1 is 0.904 bits per heavy atom. The third-order valence-electron chi connectivity index (χ3n) is 7.89. The summed E-state index contributed by atoms with van der Waals surface area (Å²) in [5.41, 5.74) is -0.433. The van der Waals surface area contributed by atoms with E-state index in [9.17, 15) is 23.3 Å². The van der Waals surface area contributed by atoms with Crippen molar-refractivity contribution in [3.05, 3.63) is 78.5 Å². The van der Waals surface area contributed by atoms with E-state index in [1.54, 1.807) is 26.0 Å². The first-order valence-corrected chi connectivity index (χ1v) is 17.9. The average molecular weight is 743 g/mol. The van der Waals surface area contributed by atoms with E-state index >= 15 is 4.39 Å². The minimum Gasteiger partial charge on any atom is -0.493 e. The number of ether oxygens (including phenoxy) is 3. The summed E-state index contributed by atoms with van der Waals surface area (Å²) in [5.74, 6) is -1.70. The van der Waals surface area contributed by atoms with Crippen molar-refractivity contribution < 1.29 is 55.8 Å². The maximum Gasteiger partial charge on any atom is 0.347 e. The molecule has 4 aromatic rings. The Labute approximate surface area is 297 Å². The summed E-state index contributed by atoms with van der Waals surface area (Å²) in [6.07, 6.45) is 1.76. The van der Waals surface area contributed by atoms with E-state index in [2.05, 4.69) is 15.6 Å². The molecule has 0 saturated heterocycles. The Bertz CT molecular complexity index is 1950. The third kappa shape index (κ3) is 9.19. The van der Waals surface area contributed by atoms with Gasteiger partial charge in [-0.05, 0) is 75.2 Å². The molecule has 0 aliphatic heterocycles. The van der Waals surface area contributed by atoms with Gasteiger partial charge >= 0.3 is 14.1 Å². The van der Waals surface area contributed by atoms with E-state index in [1.807, 2.05) is 0 Å². The highest BCUT2D eigenvalue weighted by Crippen LogP contribution is 2.49. The van der Waals surface area contributed by atoms with Crippen molar-refractivity contribution in [1.29, 1.82) is 0 Å². The lowest BCUT2D eigenvalue weighted by Crippen LogP contribution is -2.35. The highest BCUT2D eigenvalue weighted by molar-refractivity contribution is 7.53. The maximum atomic E-state index is 15.3. The lowest BCUT2D eigenvalue weighted by atomic mass is 10.0. The van der Waals surface area contributed by atoms with Crippen LogP contribution in [0, 0.1) is 17.0 Å². The fourth-order valence-electron chi connectivity index (χ4n) is 5.17. The lowest BCUT2D eigenvalue weighted by Gasteiger charge is -2.24. The number of hydrogen-bond donors (Lipinski definition) is 2. The van der Waals surface area contributed by atoms with E-state index < -0.39 is 36.5 Å². The maximum absolute atomic E-state index is 15.3. The van der Waals surface area contributed by atoms with E-state index in [1.165, 1.54) is 55.8 Å². The predicted molar refractivity (Wildman–Crippen MR) is 185 cm³/mol. The van der Waals surface area contributed by atoms with Crippen LogP contribution in [-0.2, 0) is 32.8 Å².